The first-order valence-corrected chi connectivity index (χ1v) is 9.96. The summed E-state index contributed by atoms with van der Waals surface area (Å²) in [6.07, 6.45) is 0.919. The van der Waals surface area contributed by atoms with Crippen molar-refractivity contribution in [2.75, 3.05) is 12.4 Å². The Morgan fingerprint density at radius 2 is 1.61 bits per heavy atom. The average molecular weight is 433 g/mol. The number of nitrogens with one attached hydrogen (secondary N) is 1. The predicted molar refractivity (Wildman–Crippen MR) is 120 cm³/mol. The Labute approximate surface area is 173 Å². The number of aromatic nitrogens is 1. The summed E-state index contributed by atoms with van der Waals surface area (Å²) < 4.78 is 6.58. The van der Waals surface area contributed by atoms with Gasteiger partial charge in [-0.1, -0.05) is 52.3 Å². The predicted octanol–water partition coefficient (Wildman–Crippen LogP) is 6.65. The molecule has 140 valence electrons. The zero-order chi connectivity index (χ0) is 19.5. The number of nitrogens with zero attached hydrogens (tertiary/aromatic N) is 1. The standard InChI is InChI=1S/C24H21BrN2O/c1-16-14-22(21-4-3-5-23(28-2)24(21)26-16)27-20-12-8-18(9-13-20)15-17-6-10-19(25)11-7-17/h3-14H,15H2,1-2H3,(H,26,27). The van der Waals surface area contributed by atoms with Crippen molar-refractivity contribution in [2.45, 2.75) is 13.3 Å². The lowest BCUT2D eigenvalue weighted by molar-refractivity contribution is 0.419. The molecule has 1 N–H and O–H groups in total. The number of aryl methyl sites for hydroxylation is 1. The molecule has 0 aliphatic carbocycles. The molecule has 0 saturated heterocycles. The van der Waals surface area contributed by atoms with Crippen molar-refractivity contribution >= 4 is 38.2 Å². The van der Waals surface area contributed by atoms with Gasteiger partial charge in [-0.2, -0.15) is 0 Å². The zero-order valence-electron chi connectivity index (χ0n) is 15.9. The highest BCUT2D eigenvalue weighted by Gasteiger charge is 2.09. The second kappa shape index (κ2) is 8.03. The second-order valence-electron chi connectivity index (χ2n) is 6.79. The van der Waals surface area contributed by atoms with E-state index in [0.29, 0.717) is 0 Å². The molecule has 0 radical (unpaired) electrons. The van der Waals surface area contributed by atoms with E-state index < -0.39 is 0 Å². The number of halogens is 1. The molecular weight excluding hydrogens is 412 g/mol. The zero-order valence-corrected chi connectivity index (χ0v) is 17.5. The summed E-state index contributed by atoms with van der Waals surface area (Å²) in [5, 5.41) is 4.58. The number of ether oxygens (including phenoxy) is 1. The fourth-order valence-corrected chi connectivity index (χ4v) is 3.58. The van der Waals surface area contributed by atoms with E-state index in [0.717, 1.165) is 44.6 Å². The summed E-state index contributed by atoms with van der Waals surface area (Å²) in [4.78, 5) is 4.65. The molecule has 0 bridgehead atoms. The van der Waals surface area contributed by atoms with Crippen LogP contribution in [0.1, 0.15) is 16.8 Å². The minimum atomic E-state index is 0.786. The van der Waals surface area contributed by atoms with Gasteiger partial charge in [0, 0.05) is 26.9 Å². The third-order valence-corrected chi connectivity index (χ3v) is 5.23. The van der Waals surface area contributed by atoms with E-state index in [1.54, 1.807) is 7.11 Å². The average Bonchev–Trinajstić information content (AvgIpc) is 2.70. The molecule has 4 heteroatoms. The summed E-state index contributed by atoms with van der Waals surface area (Å²) in [5.74, 6) is 0.786. The summed E-state index contributed by atoms with van der Waals surface area (Å²) >= 11 is 3.48. The first-order valence-electron chi connectivity index (χ1n) is 9.17. The number of rotatable bonds is 5. The number of hydrogen-bond donors (Lipinski definition) is 1. The third kappa shape index (κ3) is 4.02. The van der Waals surface area contributed by atoms with Crippen LogP contribution in [0.3, 0.4) is 0 Å². The van der Waals surface area contributed by atoms with Crippen LogP contribution in [-0.4, -0.2) is 12.1 Å². The van der Waals surface area contributed by atoms with Crippen molar-refractivity contribution in [3.63, 3.8) is 0 Å². The quantitative estimate of drug-likeness (QED) is 0.383. The lowest BCUT2D eigenvalue weighted by atomic mass is 10.0. The van der Waals surface area contributed by atoms with Crippen molar-refractivity contribution < 1.29 is 4.74 Å². The molecule has 0 spiro atoms. The van der Waals surface area contributed by atoms with E-state index in [2.05, 4.69) is 86.9 Å². The highest BCUT2D eigenvalue weighted by atomic mass is 79.9. The van der Waals surface area contributed by atoms with Crippen molar-refractivity contribution in [3.8, 4) is 5.75 Å². The van der Waals surface area contributed by atoms with Crippen LogP contribution >= 0.6 is 15.9 Å². The maximum absolute atomic E-state index is 5.47. The molecule has 4 rings (SSSR count). The topological polar surface area (TPSA) is 34.1 Å². The van der Waals surface area contributed by atoms with Crippen LogP contribution < -0.4 is 10.1 Å². The van der Waals surface area contributed by atoms with E-state index in [4.69, 9.17) is 4.74 Å². The highest BCUT2D eigenvalue weighted by Crippen LogP contribution is 2.31. The van der Waals surface area contributed by atoms with Gasteiger partial charge in [-0.3, -0.25) is 0 Å². The lowest BCUT2D eigenvalue weighted by Crippen LogP contribution is -1.97. The molecule has 0 unspecified atom stereocenters. The molecule has 3 nitrogen and oxygen atoms in total. The number of para-hydroxylation sites is 1. The van der Waals surface area contributed by atoms with Crippen molar-refractivity contribution in [1.82, 2.24) is 4.98 Å². The Morgan fingerprint density at radius 3 is 2.29 bits per heavy atom. The Bertz CT molecular complexity index is 1110. The fourth-order valence-electron chi connectivity index (χ4n) is 3.32. The molecule has 4 aromatic rings. The van der Waals surface area contributed by atoms with Crippen LogP contribution in [0.25, 0.3) is 10.9 Å². The van der Waals surface area contributed by atoms with Gasteiger partial charge < -0.3 is 10.1 Å². The van der Waals surface area contributed by atoms with E-state index in [-0.39, 0.29) is 0 Å². The Kier molecular flexibility index (Phi) is 5.31. The van der Waals surface area contributed by atoms with Gasteiger partial charge in [0.25, 0.3) is 0 Å². The maximum atomic E-state index is 5.47. The summed E-state index contributed by atoms with van der Waals surface area (Å²) in [6, 6.07) is 25.1. The molecule has 0 atom stereocenters. The molecule has 0 amide bonds. The summed E-state index contributed by atoms with van der Waals surface area (Å²) in [5.41, 5.74) is 6.49. The number of fused-ring (bicyclic) bond motifs is 1. The van der Waals surface area contributed by atoms with Gasteiger partial charge in [-0.05, 0) is 60.9 Å². The minimum Gasteiger partial charge on any atom is -0.494 e. The Hall–Kier alpha value is -2.85. The van der Waals surface area contributed by atoms with Crippen LogP contribution in [0.5, 0.6) is 5.75 Å². The van der Waals surface area contributed by atoms with Crippen LogP contribution in [0.4, 0.5) is 11.4 Å². The van der Waals surface area contributed by atoms with E-state index in [1.165, 1.54) is 11.1 Å². The normalized spacial score (nSPS) is 10.8. The fraction of sp³-hybridized carbons (Fsp3) is 0.125. The van der Waals surface area contributed by atoms with Crippen molar-refractivity contribution in [3.05, 3.63) is 94.1 Å². The maximum Gasteiger partial charge on any atom is 0.145 e. The van der Waals surface area contributed by atoms with Gasteiger partial charge in [-0.25, -0.2) is 4.98 Å². The van der Waals surface area contributed by atoms with Gasteiger partial charge in [0.2, 0.25) is 0 Å². The SMILES string of the molecule is COc1cccc2c(Nc3ccc(Cc4ccc(Br)cc4)cc3)cc(C)nc12. The molecule has 0 fully saturated rings. The Balaban J connectivity index is 1.58. The number of benzene rings is 3. The molecule has 0 aliphatic rings. The van der Waals surface area contributed by atoms with Crippen LogP contribution in [0, 0.1) is 6.92 Å². The van der Waals surface area contributed by atoms with Gasteiger partial charge in [0.1, 0.15) is 11.3 Å². The number of methoxy groups -OCH3 is 1. The lowest BCUT2D eigenvalue weighted by Gasteiger charge is -2.13. The first kappa shape index (κ1) is 18.5. The summed E-state index contributed by atoms with van der Waals surface area (Å²) in [6.45, 7) is 2.00. The highest BCUT2D eigenvalue weighted by molar-refractivity contribution is 9.10. The smallest absolute Gasteiger partial charge is 0.145 e. The molecular formula is C24H21BrN2O. The molecule has 1 heterocycles. The largest absolute Gasteiger partial charge is 0.494 e. The van der Waals surface area contributed by atoms with E-state index >= 15 is 0 Å². The second-order valence-corrected chi connectivity index (χ2v) is 7.71. The molecule has 0 saturated carbocycles. The minimum absolute atomic E-state index is 0.786. The van der Waals surface area contributed by atoms with Crippen LogP contribution in [0.15, 0.2) is 77.3 Å². The number of pyridine rings is 1. The van der Waals surface area contributed by atoms with Gasteiger partial charge in [0.15, 0.2) is 0 Å². The molecule has 3 aromatic carbocycles. The van der Waals surface area contributed by atoms with Crippen LogP contribution in [-0.2, 0) is 6.42 Å². The van der Waals surface area contributed by atoms with Crippen molar-refractivity contribution in [2.24, 2.45) is 0 Å². The Morgan fingerprint density at radius 1 is 0.929 bits per heavy atom. The number of anilines is 2. The van der Waals surface area contributed by atoms with Gasteiger partial charge in [0.05, 0.1) is 7.11 Å². The molecule has 0 aliphatic heterocycles. The van der Waals surface area contributed by atoms with Gasteiger partial charge >= 0.3 is 0 Å². The van der Waals surface area contributed by atoms with E-state index in [9.17, 15) is 0 Å². The van der Waals surface area contributed by atoms with E-state index in [1.807, 2.05) is 19.1 Å². The number of hydrogen-bond acceptors (Lipinski definition) is 3. The third-order valence-electron chi connectivity index (χ3n) is 4.70. The van der Waals surface area contributed by atoms with Crippen molar-refractivity contribution in [1.29, 1.82) is 0 Å². The van der Waals surface area contributed by atoms with Crippen LogP contribution in [0.2, 0.25) is 0 Å². The monoisotopic (exact) mass is 432 g/mol. The first-order chi connectivity index (χ1) is 13.6. The molecule has 1 aromatic heterocycles. The molecule has 28 heavy (non-hydrogen) atoms. The summed E-state index contributed by atoms with van der Waals surface area (Å²) in [7, 11) is 1.68. The van der Waals surface area contributed by atoms with Gasteiger partial charge in [-0.15, -0.1) is 0 Å².